The average Bonchev–Trinajstić information content (AvgIpc) is 3.38. The highest BCUT2D eigenvalue weighted by molar-refractivity contribution is 7.07. The first kappa shape index (κ1) is 16.6. The Morgan fingerprint density at radius 3 is 3.04 bits per heavy atom. The molecule has 0 N–H and O–H groups in total. The molecule has 0 aromatic carbocycles. The fourth-order valence-electron chi connectivity index (χ4n) is 3.50. The fraction of sp³-hybridized carbons (Fsp3) is 0.250. The third kappa shape index (κ3) is 3.37. The van der Waals surface area contributed by atoms with Crippen molar-refractivity contribution in [2.75, 3.05) is 19.7 Å². The lowest BCUT2D eigenvalue weighted by atomic mass is 10.1. The van der Waals surface area contributed by atoms with Crippen molar-refractivity contribution in [3.05, 3.63) is 70.9 Å². The summed E-state index contributed by atoms with van der Waals surface area (Å²) in [7, 11) is 0. The van der Waals surface area contributed by atoms with Crippen LogP contribution in [0.15, 0.2) is 59.7 Å². The van der Waals surface area contributed by atoms with Gasteiger partial charge in [0, 0.05) is 49.4 Å². The Morgan fingerprint density at radius 1 is 1.19 bits per heavy atom. The van der Waals surface area contributed by atoms with Crippen LogP contribution in [0.25, 0.3) is 16.6 Å². The molecule has 5 rings (SSSR count). The Morgan fingerprint density at radius 2 is 2.19 bits per heavy atom. The SMILES string of the molecule is c1cncc(-c2ccc3c(C4CN(Cc5ccsc5)CCO4)nnn3c2)c1. The van der Waals surface area contributed by atoms with E-state index in [1.165, 1.54) is 5.56 Å². The van der Waals surface area contributed by atoms with Gasteiger partial charge in [0.25, 0.3) is 0 Å². The molecule has 1 atom stereocenters. The lowest BCUT2D eigenvalue weighted by molar-refractivity contribution is -0.0342. The lowest BCUT2D eigenvalue weighted by Crippen LogP contribution is -2.37. The first-order valence-corrected chi connectivity index (χ1v) is 9.91. The Labute approximate surface area is 161 Å². The van der Waals surface area contributed by atoms with Gasteiger partial charge in [-0.2, -0.15) is 11.3 Å². The van der Waals surface area contributed by atoms with E-state index in [1.54, 1.807) is 17.5 Å². The van der Waals surface area contributed by atoms with E-state index < -0.39 is 0 Å². The van der Waals surface area contributed by atoms with Crippen LogP contribution in [0.5, 0.6) is 0 Å². The van der Waals surface area contributed by atoms with Crippen molar-refractivity contribution in [1.29, 1.82) is 0 Å². The van der Waals surface area contributed by atoms with E-state index >= 15 is 0 Å². The number of rotatable bonds is 4. The first-order valence-electron chi connectivity index (χ1n) is 8.97. The maximum absolute atomic E-state index is 6.03. The van der Waals surface area contributed by atoms with Crippen LogP contribution in [-0.4, -0.2) is 44.4 Å². The molecule has 0 radical (unpaired) electrons. The van der Waals surface area contributed by atoms with Gasteiger partial charge in [-0.1, -0.05) is 17.3 Å². The summed E-state index contributed by atoms with van der Waals surface area (Å²) in [6.45, 7) is 3.43. The molecule has 1 unspecified atom stereocenters. The molecule has 27 heavy (non-hydrogen) atoms. The van der Waals surface area contributed by atoms with E-state index in [9.17, 15) is 0 Å². The van der Waals surface area contributed by atoms with Crippen molar-refractivity contribution in [3.8, 4) is 11.1 Å². The van der Waals surface area contributed by atoms with Crippen LogP contribution in [0, 0.1) is 0 Å². The molecule has 0 aliphatic carbocycles. The molecule has 7 heteroatoms. The second-order valence-corrected chi connectivity index (χ2v) is 7.47. The summed E-state index contributed by atoms with van der Waals surface area (Å²) >= 11 is 1.74. The maximum Gasteiger partial charge on any atom is 0.121 e. The summed E-state index contributed by atoms with van der Waals surface area (Å²) in [4.78, 5) is 6.61. The van der Waals surface area contributed by atoms with Crippen LogP contribution >= 0.6 is 11.3 Å². The third-order valence-corrected chi connectivity index (χ3v) is 5.61. The molecule has 1 fully saturated rings. The number of morpholine rings is 1. The number of nitrogens with zero attached hydrogens (tertiary/aromatic N) is 5. The maximum atomic E-state index is 6.03. The summed E-state index contributed by atoms with van der Waals surface area (Å²) in [6, 6.07) is 10.3. The Hall–Kier alpha value is -2.61. The quantitative estimate of drug-likeness (QED) is 0.545. The molecule has 1 aliphatic rings. The highest BCUT2D eigenvalue weighted by Crippen LogP contribution is 2.27. The number of fused-ring (bicyclic) bond motifs is 1. The Bertz CT molecular complexity index is 1030. The molecule has 4 aromatic rings. The number of aromatic nitrogens is 4. The van der Waals surface area contributed by atoms with Crippen molar-refractivity contribution in [2.24, 2.45) is 0 Å². The minimum atomic E-state index is -0.0564. The highest BCUT2D eigenvalue weighted by atomic mass is 32.1. The van der Waals surface area contributed by atoms with Crippen molar-refractivity contribution < 1.29 is 4.74 Å². The molecule has 0 saturated carbocycles. The van der Waals surface area contributed by atoms with Gasteiger partial charge in [0.2, 0.25) is 0 Å². The van der Waals surface area contributed by atoms with E-state index in [4.69, 9.17) is 4.74 Å². The van der Waals surface area contributed by atoms with E-state index in [2.05, 4.69) is 49.2 Å². The smallest absolute Gasteiger partial charge is 0.121 e. The van der Waals surface area contributed by atoms with E-state index in [1.807, 2.05) is 29.0 Å². The zero-order chi connectivity index (χ0) is 18.1. The van der Waals surface area contributed by atoms with E-state index in [-0.39, 0.29) is 6.10 Å². The lowest BCUT2D eigenvalue weighted by Gasteiger charge is -2.31. The number of ether oxygens (including phenoxy) is 1. The van der Waals surface area contributed by atoms with Gasteiger partial charge in [0.05, 0.1) is 12.1 Å². The topological polar surface area (TPSA) is 55.5 Å². The monoisotopic (exact) mass is 377 g/mol. The van der Waals surface area contributed by atoms with Gasteiger partial charge in [0.15, 0.2) is 0 Å². The normalized spacial score (nSPS) is 18.1. The first-order chi connectivity index (χ1) is 13.4. The largest absolute Gasteiger partial charge is 0.369 e. The predicted octanol–water partition coefficient (Wildman–Crippen LogP) is 3.43. The van der Waals surface area contributed by atoms with Gasteiger partial charge in [-0.05, 0) is 34.5 Å². The zero-order valence-electron chi connectivity index (χ0n) is 14.7. The minimum Gasteiger partial charge on any atom is -0.369 e. The molecule has 0 amide bonds. The van der Waals surface area contributed by atoms with Crippen LogP contribution in [0.4, 0.5) is 0 Å². The van der Waals surface area contributed by atoms with Crippen molar-refractivity contribution in [2.45, 2.75) is 12.6 Å². The second-order valence-electron chi connectivity index (χ2n) is 6.69. The fourth-order valence-corrected chi connectivity index (χ4v) is 4.16. The summed E-state index contributed by atoms with van der Waals surface area (Å²) in [6.07, 6.45) is 5.57. The standard InChI is InChI=1S/C20H19N5OS/c1-2-16(10-21-6-1)17-3-4-18-20(22-23-25(18)12-17)19-13-24(7-8-26-19)11-15-5-9-27-14-15/h1-6,9-10,12,14,19H,7-8,11,13H2. The van der Waals surface area contributed by atoms with Gasteiger partial charge in [-0.3, -0.25) is 9.88 Å². The van der Waals surface area contributed by atoms with Gasteiger partial charge in [0.1, 0.15) is 11.8 Å². The molecule has 4 aromatic heterocycles. The Kier molecular flexibility index (Phi) is 4.41. The molecule has 0 spiro atoms. The van der Waals surface area contributed by atoms with E-state index in [0.29, 0.717) is 6.61 Å². The van der Waals surface area contributed by atoms with Crippen LogP contribution in [-0.2, 0) is 11.3 Å². The van der Waals surface area contributed by atoms with Gasteiger partial charge in [-0.15, -0.1) is 5.10 Å². The summed E-state index contributed by atoms with van der Waals surface area (Å²) in [5.41, 5.74) is 5.38. The summed E-state index contributed by atoms with van der Waals surface area (Å²) in [5.74, 6) is 0. The molecule has 0 bridgehead atoms. The summed E-state index contributed by atoms with van der Waals surface area (Å²) in [5, 5.41) is 13.1. The van der Waals surface area contributed by atoms with Crippen molar-refractivity contribution in [3.63, 3.8) is 0 Å². The predicted molar refractivity (Wildman–Crippen MR) is 105 cm³/mol. The number of thiophene rings is 1. The second kappa shape index (κ2) is 7.19. The molecule has 5 heterocycles. The molecule has 136 valence electrons. The minimum absolute atomic E-state index is 0.0564. The molecule has 6 nitrogen and oxygen atoms in total. The molecular formula is C20H19N5OS. The van der Waals surface area contributed by atoms with Gasteiger partial charge >= 0.3 is 0 Å². The van der Waals surface area contributed by atoms with Crippen molar-refractivity contribution in [1.82, 2.24) is 24.7 Å². The number of hydrogen-bond donors (Lipinski definition) is 0. The Balaban J connectivity index is 1.39. The van der Waals surface area contributed by atoms with E-state index in [0.717, 1.165) is 42.0 Å². The number of pyridine rings is 2. The summed E-state index contributed by atoms with van der Waals surface area (Å²) < 4.78 is 7.86. The molecule has 1 saturated heterocycles. The third-order valence-electron chi connectivity index (χ3n) is 4.88. The van der Waals surface area contributed by atoms with Crippen molar-refractivity contribution >= 4 is 16.9 Å². The van der Waals surface area contributed by atoms with Crippen LogP contribution in [0.3, 0.4) is 0 Å². The molecule has 1 aliphatic heterocycles. The highest BCUT2D eigenvalue weighted by Gasteiger charge is 2.26. The molecular weight excluding hydrogens is 358 g/mol. The van der Waals surface area contributed by atoms with Crippen LogP contribution in [0.1, 0.15) is 17.4 Å². The van der Waals surface area contributed by atoms with Crippen LogP contribution < -0.4 is 0 Å². The number of hydrogen-bond acceptors (Lipinski definition) is 6. The van der Waals surface area contributed by atoms with Gasteiger partial charge < -0.3 is 4.74 Å². The zero-order valence-corrected chi connectivity index (χ0v) is 15.5. The van der Waals surface area contributed by atoms with Crippen LogP contribution in [0.2, 0.25) is 0 Å². The average molecular weight is 377 g/mol. The van der Waals surface area contributed by atoms with Gasteiger partial charge in [-0.25, -0.2) is 4.52 Å².